The van der Waals surface area contributed by atoms with E-state index in [0.29, 0.717) is 24.1 Å². The van der Waals surface area contributed by atoms with E-state index in [2.05, 4.69) is 15.0 Å². The summed E-state index contributed by atoms with van der Waals surface area (Å²) >= 11 is 0. The maximum Gasteiger partial charge on any atom is 0.437 e. The van der Waals surface area contributed by atoms with E-state index >= 15 is 0 Å². The average Bonchev–Trinajstić information content (AvgIpc) is 2.75. The summed E-state index contributed by atoms with van der Waals surface area (Å²) in [5, 5.41) is 9.19. The lowest BCUT2D eigenvalue weighted by atomic mass is 9.96. The van der Waals surface area contributed by atoms with Gasteiger partial charge in [0, 0.05) is 11.6 Å². The van der Waals surface area contributed by atoms with Gasteiger partial charge in [-0.3, -0.25) is 14.2 Å². The Bertz CT molecular complexity index is 1380. The fourth-order valence-electron chi connectivity index (χ4n) is 3.08. The Morgan fingerprint density at radius 3 is 2.41 bits per heavy atom. The van der Waals surface area contributed by atoms with E-state index < -0.39 is 34.2 Å². The molecule has 0 saturated carbocycles. The number of aromatic nitrogens is 4. The van der Waals surface area contributed by atoms with Gasteiger partial charge in [0.25, 0.3) is 11.1 Å². The Morgan fingerprint density at radius 1 is 1.15 bits per heavy atom. The largest absolute Gasteiger partial charge is 0.449 e. The number of aryl methyl sites for hydroxylation is 1. The first-order valence-corrected chi connectivity index (χ1v) is 10.3. The van der Waals surface area contributed by atoms with Crippen LogP contribution in [0.15, 0.2) is 40.3 Å². The number of nitrogens with zero attached hydrogens (tertiary/aromatic N) is 4. The molecule has 0 fully saturated rings. The van der Waals surface area contributed by atoms with Crippen LogP contribution in [0.1, 0.15) is 55.9 Å². The number of rotatable bonds is 5. The highest BCUT2D eigenvalue weighted by molar-refractivity contribution is 5.43. The van der Waals surface area contributed by atoms with E-state index in [4.69, 9.17) is 4.74 Å². The van der Waals surface area contributed by atoms with Gasteiger partial charge < -0.3 is 9.72 Å². The summed E-state index contributed by atoms with van der Waals surface area (Å²) in [5.41, 5.74) is -2.73. The molecule has 0 aliphatic rings. The third-order valence-electron chi connectivity index (χ3n) is 4.91. The predicted molar refractivity (Wildman–Crippen MR) is 117 cm³/mol. The molecule has 34 heavy (non-hydrogen) atoms. The molecule has 0 aliphatic carbocycles. The highest BCUT2D eigenvalue weighted by Gasteiger charge is 2.39. The first-order valence-electron chi connectivity index (χ1n) is 10.3. The molecule has 3 aromatic rings. The molecule has 0 radical (unpaired) electrons. The van der Waals surface area contributed by atoms with Crippen LogP contribution in [0, 0.1) is 11.3 Å². The predicted octanol–water partition coefficient (Wildman–Crippen LogP) is 3.92. The standard InChI is InChI=1S/C23H22F3N5O3/c1-5-13-6-14(9-27)8-16(7-13)34-17-18(23(24,25)26)29-12-31(20(17)33)11-15-10-28-21(22(2,3)4)30-19(15)32/h6-8,10,12H,5,11H2,1-4H3,(H,28,30,32). The zero-order valence-corrected chi connectivity index (χ0v) is 18.9. The molecule has 3 rings (SSSR count). The second-order valence-corrected chi connectivity index (χ2v) is 8.62. The summed E-state index contributed by atoms with van der Waals surface area (Å²) in [4.78, 5) is 35.7. The van der Waals surface area contributed by atoms with Gasteiger partial charge in [0.15, 0.2) is 5.69 Å². The number of benzene rings is 1. The zero-order valence-electron chi connectivity index (χ0n) is 18.9. The fourth-order valence-corrected chi connectivity index (χ4v) is 3.08. The van der Waals surface area contributed by atoms with Crippen molar-refractivity contribution in [3.63, 3.8) is 0 Å². The molecule has 11 heteroatoms. The highest BCUT2D eigenvalue weighted by atomic mass is 19.4. The Kier molecular flexibility index (Phi) is 6.63. The normalized spacial score (nSPS) is 11.8. The molecule has 0 amide bonds. The van der Waals surface area contributed by atoms with Crippen LogP contribution in [0.25, 0.3) is 0 Å². The third kappa shape index (κ3) is 5.33. The van der Waals surface area contributed by atoms with Gasteiger partial charge >= 0.3 is 6.18 Å². The number of hydrogen-bond donors (Lipinski definition) is 1. The first kappa shape index (κ1) is 24.7. The summed E-state index contributed by atoms with van der Waals surface area (Å²) in [6.07, 6.45) is -2.50. The number of alkyl halides is 3. The van der Waals surface area contributed by atoms with Crippen molar-refractivity contribution in [2.45, 2.75) is 52.3 Å². The highest BCUT2D eigenvalue weighted by Crippen LogP contribution is 2.34. The molecule has 2 aromatic heterocycles. The van der Waals surface area contributed by atoms with Gasteiger partial charge in [0.2, 0.25) is 5.75 Å². The molecule has 1 N–H and O–H groups in total. The molecule has 0 aliphatic heterocycles. The molecule has 0 atom stereocenters. The van der Waals surface area contributed by atoms with Crippen molar-refractivity contribution in [2.75, 3.05) is 0 Å². The lowest BCUT2D eigenvalue weighted by molar-refractivity contribution is -0.142. The minimum atomic E-state index is -4.97. The first-order chi connectivity index (χ1) is 15.8. The second-order valence-electron chi connectivity index (χ2n) is 8.62. The topological polar surface area (TPSA) is 114 Å². The Labute approximate surface area is 192 Å². The number of halogens is 3. The van der Waals surface area contributed by atoms with Crippen LogP contribution in [-0.4, -0.2) is 19.5 Å². The third-order valence-corrected chi connectivity index (χ3v) is 4.91. The van der Waals surface area contributed by atoms with Gasteiger partial charge in [-0.05, 0) is 30.2 Å². The summed E-state index contributed by atoms with van der Waals surface area (Å²) in [6, 6.07) is 6.15. The lowest BCUT2D eigenvalue weighted by Crippen LogP contribution is -2.30. The molecular weight excluding hydrogens is 451 g/mol. The Hall–Kier alpha value is -3.94. The molecule has 0 unspecified atom stereocenters. The summed E-state index contributed by atoms with van der Waals surface area (Å²) < 4.78 is 47.0. The second kappa shape index (κ2) is 9.13. The van der Waals surface area contributed by atoms with E-state index in [0.717, 1.165) is 4.57 Å². The van der Waals surface area contributed by atoms with E-state index in [1.807, 2.05) is 26.8 Å². The summed E-state index contributed by atoms with van der Waals surface area (Å²) in [5.74, 6) is -0.734. The molecule has 0 bridgehead atoms. The average molecular weight is 473 g/mol. The minimum Gasteiger partial charge on any atom is -0.449 e. The number of hydrogen-bond acceptors (Lipinski definition) is 6. The zero-order chi connectivity index (χ0) is 25.3. The lowest BCUT2D eigenvalue weighted by Gasteiger charge is -2.17. The number of ether oxygens (including phenoxy) is 1. The molecule has 0 saturated heterocycles. The number of nitrogens with one attached hydrogen (secondary N) is 1. The van der Waals surface area contributed by atoms with Gasteiger partial charge in [-0.15, -0.1) is 0 Å². The fraction of sp³-hybridized carbons (Fsp3) is 0.348. The van der Waals surface area contributed by atoms with Crippen LogP contribution < -0.4 is 15.9 Å². The van der Waals surface area contributed by atoms with Crippen molar-refractivity contribution >= 4 is 0 Å². The quantitative estimate of drug-likeness (QED) is 0.601. The SMILES string of the molecule is CCc1cc(C#N)cc(Oc2c(C(F)(F)F)ncn(Cc3cnc(C(C)(C)C)[nH]c3=O)c2=O)c1. The molecule has 1 aromatic carbocycles. The van der Waals surface area contributed by atoms with E-state index in [9.17, 15) is 28.0 Å². The van der Waals surface area contributed by atoms with Crippen molar-refractivity contribution in [1.82, 2.24) is 19.5 Å². The van der Waals surface area contributed by atoms with Crippen molar-refractivity contribution in [3.8, 4) is 17.6 Å². The van der Waals surface area contributed by atoms with E-state index in [-0.39, 0.29) is 23.4 Å². The van der Waals surface area contributed by atoms with Crippen molar-refractivity contribution < 1.29 is 17.9 Å². The van der Waals surface area contributed by atoms with Gasteiger partial charge in [0.1, 0.15) is 11.6 Å². The minimum absolute atomic E-state index is 0.0577. The maximum atomic E-state index is 13.6. The molecular formula is C23H22F3N5O3. The smallest absolute Gasteiger partial charge is 0.437 e. The maximum absolute atomic E-state index is 13.6. The van der Waals surface area contributed by atoms with Crippen molar-refractivity contribution in [3.05, 3.63) is 79.6 Å². The number of H-pyrrole nitrogens is 1. The van der Waals surface area contributed by atoms with Crippen molar-refractivity contribution in [1.29, 1.82) is 5.26 Å². The van der Waals surface area contributed by atoms with Crippen LogP contribution in [-0.2, 0) is 24.6 Å². The number of aromatic amines is 1. The molecule has 0 spiro atoms. The molecule has 178 valence electrons. The van der Waals surface area contributed by atoms with Gasteiger partial charge in [-0.1, -0.05) is 27.7 Å². The number of nitriles is 1. The van der Waals surface area contributed by atoms with Crippen LogP contribution >= 0.6 is 0 Å². The molecule has 2 heterocycles. The summed E-state index contributed by atoms with van der Waals surface area (Å²) in [6.45, 7) is 6.98. The van der Waals surface area contributed by atoms with Gasteiger partial charge in [-0.25, -0.2) is 9.97 Å². The van der Waals surface area contributed by atoms with Crippen LogP contribution in [0.3, 0.4) is 0 Å². The van der Waals surface area contributed by atoms with E-state index in [1.165, 1.54) is 18.3 Å². The van der Waals surface area contributed by atoms with Crippen molar-refractivity contribution in [2.24, 2.45) is 0 Å². The van der Waals surface area contributed by atoms with Crippen LogP contribution in [0.4, 0.5) is 13.2 Å². The van der Waals surface area contributed by atoms with Gasteiger partial charge in [-0.2, -0.15) is 18.4 Å². The Balaban J connectivity index is 2.08. The van der Waals surface area contributed by atoms with E-state index in [1.54, 1.807) is 13.0 Å². The Morgan fingerprint density at radius 2 is 1.85 bits per heavy atom. The van der Waals surface area contributed by atoms with Crippen LogP contribution in [0.2, 0.25) is 0 Å². The monoisotopic (exact) mass is 473 g/mol. The van der Waals surface area contributed by atoms with Gasteiger partial charge in [0.05, 0.1) is 30.1 Å². The molecule has 8 nitrogen and oxygen atoms in total. The van der Waals surface area contributed by atoms with Crippen LogP contribution in [0.5, 0.6) is 11.5 Å². The summed E-state index contributed by atoms with van der Waals surface area (Å²) in [7, 11) is 0.